The van der Waals surface area contributed by atoms with Gasteiger partial charge in [-0.1, -0.05) is 67.2 Å². The summed E-state index contributed by atoms with van der Waals surface area (Å²) in [4.78, 5) is 17.2. The molecule has 0 spiro atoms. The molecule has 1 fully saturated rings. The van der Waals surface area contributed by atoms with Crippen LogP contribution in [0.3, 0.4) is 0 Å². The Morgan fingerprint density at radius 1 is 1.10 bits per heavy atom. The van der Waals surface area contributed by atoms with Gasteiger partial charge >= 0.3 is 0 Å². The highest BCUT2D eigenvalue weighted by Crippen LogP contribution is 2.34. The Bertz CT molecular complexity index is 985. The van der Waals surface area contributed by atoms with Gasteiger partial charge in [-0.3, -0.25) is 4.79 Å². The predicted molar refractivity (Wildman–Crippen MR) is 115 cm³/mol. The minimum absolute atomic E-state index is 0.0147. The summed E-state index contributed by atoms with van der Waals surface area (Å²) >= 11 is 0. The monoisotopic (exact) mass is 407 g/mol. The van der Waals surface area contributed by atoms with E-state index >= 15 is 0 Å². The van der Waals surface area contributed by atoms with Crippen molar-refractivity contribution in [3.05, 3.63) is 54.2 Å². The van der Waals surface area contributed by atoms with Crippen LogP contribution in [-0.2, 0) is 10.3 Å². The number of nitrogens with one attached hydrogen (secondary N) is 1. The fourth-order valence-corrected chi connectivity index (χ4v) is 4.30. The van der Waals surface area contributed by atoms with Gasteiger partial charge in [-0.25, -0.2) is 0 Å². The van der Waals surface area contributed by atoms with E-state index in [0.717, 1.165) is 42.2 Å². The molecule has 0 saturated heterocycles. The van der Waals surface area contributed by atoms with Crippen molar-refractivity contribution < 1.29 is 14.1 Å². The molecule has 1 aliphatic rings. The molecule has 0 aliphatic heterocycles. The zero-order valence-corrected chi connectivity index (χ0v) is 17.5. The number of rotatable bonds is 7. The van der Waals surface area contributed by atoms with Crippen molar-refractivity contribution in [1.29, 1.82) is 0 Å². The highest BCUT2D eigenvalue weighted by Gasteiger charge is 2.38. The molecule has 6 nitrogen and oxygen atoms in total. The molecule has 0 unspecified atom stereocenters. The number of fused-ring (bicyclic) bond motifs is 1. The lowest BCUT2D eigenvalue weighted by Gasteiger charge is -2.30. The zero-order valence-electron chi connectivity index (χ0n) is 17.5. The number of aromatic nitrogens is 2. The average molecular weight is 408 g/mol. The van der Waals surface area contributed by atoms with Crippen LogP contribution in [0.1, 0.15) is 63.1 Å². The number of nitrogens with zero attached hydrogens (tertiary/aromatic N) is 2. The second kappa shape index (κ2) is 9.28. The van der Waals surface area contributed by atoms with Gasteiger partial charge in [-0.15, -0.1) is 0 Å². The van der Waals surface area contributed by atoms with Gasteiger partial charge < -0.3 is 14.6 Å². The fourth-order valence-electron chi connectivity index (χ4n) is 4.30. The Hall–Kier alpha value is -2.89. The standard InChI is InChI=1S/C24H29N3O3/c1-18-25-23(27-30-18)24(15-6-2-3-7-16-24)26-22(28)14-9-17-29-21-13-8-11-19-10-4-5-12-20(19)21/h4-5,8,10-13H,2-3,6-7,9,14-17H2,1H3,(H,26,28). The van der Waals surface area contributed by atoms with Crippen LogP contribution in [0.15, 0.2) is 47.0 Å². The van der Waals surface area contributed by atoms with Gasteiger partial charge in [0.05, 0.1) is 6.61 Å². The molecule has 3 aromatic rings. The van der Waals surface area contributed by atoms with Crippen molar-refractivity contribution in [3.8, 4) is 5.75 Å². The van der Waals surface area contributed by atoms with Gasteiger partial charge in [0.2, 0.25) is 11.8 Å². The lowest BCUT2D eigenvalue weighted by atomic mass is 9.89. The molecular formula is C24H29N3O3. The van der Waals surface area contributed by atoms with Crippen LogP contribution in [0.2, 0.25) is 0 Å². The van der Waals surface area contributed by atoms with Gasteiger partial charge in [0, 0.05) is 18.7 Å². The van der Waals surface area contributed by atoms with E-state index in [1.807, 2.05) is 24.3 Å². The number of hydrogen-bond acceptors (Lipinski definition) is 5. The van der Waals surface area contributed by atoms with Crippen LogP contribution in [0.5, 0.6) is 5.75 Å². The number of carbonyl (C=O) groups is 1. The highest BCUT2D eigenvalue weighted by atomic mass is 16.5. The maximum absolute atomic E-state index is 12.8. The summed E-state index contributed by atoms with van der Waals surface area (Å²) in [7, 11) is 0. The van der Waals surface area contributed by atoms with E-state index in [2.05, 4.69) is 33.7 Å². The third-order valence-corrected chi connectivity index (χ3v) is 5.85. The summed E-state index contributed by atoms with van der Waals surface area (Å²) in [6.07, 6.45) is 7.21. The maximum atomic E-state index is 12.8. The summed E-state index contributed by atoms with van der Waals surface area (Å²) in [6, 6.07) is 14.2. The number of amides is 1. The van der Waals surface area contributed by atoms with Gasteiger partial charge in [0.1, 0.15) is 11.3 Å². The normalized spacial score (nSPS) is 16.2. The Balaban J connectivity index is 1.35. The smallest absolute Gasteiger partial charge is 0.223 e. The first-order valence-electron chi connectivity index (χ1n) is 10.9. The van der Waals surface area contributed by atoms with Crippen molar-refractivity contribution in [2.45, 2.75) is 63.8 Å². The van der Waals surface area contributed by atoms with Crippen molar-refractivity contribution in [2.75, 3.05) is 6.61 Å². The molecule has 1 amide bonds. The van der Waals surface area contributed by atoms with E-state index in [1.54, 1.807) is 6.92 Å². The molecule has 6 heteroatoms. The lowest BCUT2D eigenvalue weighted by Crippen LogP contribution is -2.46. The van der Waals surface area contributed by atoms with Crippen LogP contribution in [0, 0.1) is 6.92 Å². The van der Waals surface area contributed by atoms with Crippen molar-refractivity contribution in [1.82, 2.24) is 15.5 Å². The summed E-state index contributed by atoms with van der Waals surface area (Å²) < 4.78 is 11.2. The highest BCUT2D eigenvalue weighted by molar-refractivity contribution is 5.88. The van der Waals surface area contributed by atoms with E-state index in [9.17, 15) is 4.79 Å². The van der Waals surface area contributed by atoms with Crippen LogP contribution >= 0.6 is 0 Å². The Morgan fingerprint density at radius 3 is 2.63 bits per heavy atom. The molecule has 1 saturated carbocycles. The third kappa shape index (κ3) is 4.64. The average Bonchev–Trinajstić information content (AvgIpc) is 3.06. The summed E-state index contributed by atoms with van der Waals surface area (Å²) in [5, 5.41) is 9.64. The molecule has 1 aromatic heterocycles. The van der Waals surface area contributed by atoms with Crippen LogP contribution in [-0.4, -0.2) is 22.7 Å². The molecule has 0 atom stereocenters. The minimum Gasteiger partial charge on any atom is -0.493 e. The number of benzene rings is 2. The van der Waals surface area contributed by atoms with Crippen molar-refractivity contribution >= 4 is 16.7 Å². The van der Waals surface area contributed by atoms with Crippen LogP contribution < -0.4 is 10.1 Å². The quantitative estimate of drug-likeness (QED) is 0.438. The molecule has 2 aromatic carbocycles. The molecular weight excluding hydrogens is 378 g/mol. The summed E-state index contributed by atoms with van der Waals surface area (Å²) in [5.74, 6) is 2.02. The number of ether oxygens (including phenoxy) is 1. The first-order valence-corrected chi connectivity index (χ1v) is 10.9. The second-order valence-electron chi connectivity index (χ2n) is 8.11. The minimum atomic E-state index is -0.512. The Labute approximate surface area is 177 Å². The molecule has 30 heavy (non-hydrogen) atoms. The molecule has 0 bridgehead atoms. The molecule has 1 heterocycles. The van der Waals surface area contributed by atoms with Crippen LogP contribution in [0.25, 0.3) is 10.8 Å². The van der Waals surface area contributed by atoms with Crippen molar-refractivity contribution in [2.24, 2.45) is 0 Å². The largest absolute Gasteiger partial charge is 0.493 e. The van der Waals surface area contributed by atoms with Crippen molar-refractivity contribution in [3.63, 3.8) is 0 Å². The van der Waals surface area contributed by atoms with E-state index in [4.69, 9.17) is 9.26 Å². The van der Waals surface area contributed by atoms with Gasteiger partial charge in [0.25, 0.3) is 0 Å². The summed E-state index contributed by atoms with van der Waals surface area (Å²) in [6.45, 7) is 2.28. The van der Waals surface area contributed by atoms with E-state index < -0.39 is 5.54 Å². The van der Waals surface area contributed by atoms with E-state index in [-0.39, 0.29) is 5.91 Å². The number of aryl methyl sites for hydroxylation is 1. The molecule has 1 N–H and O–H groups in total. The predicted octanol–water partition coefficient (Wildman–Crippen LogP) is 5.06. The SMILES string of the molecule is Cc1nc(C2(NC(=O)CCCOc3cccc4ccccc34)CCCCCC2)no1. The molecule has 158 valence electrons. The molecule has 1 aliphatic carbocycles. The van der Waals surface area contributed by atoms with Gasteiger partial charge in [-0.05, 0) is 30.7 Å². The first kappa shape index (κ1) is 20.4. The number of hydrogen-bond donors (Lipinski definition) is 1. The molecule has 4 rings (SSSR count). The zero-order chi connectivity index (χ0) is 20.8. The maximum Gasteiger partial charge on any atom is 0.223 e. The summed E-state index contributed by atoms with van der Waals surface area (Å²) in [5.41, 5.74) is -0.512. The van der Waals surface area contributed by atoms with E-state index in [1.165, 1.54) is 12.8 Å². The second-order valence-corrected chi connectivity index (χ2v) is 8.11. The topological polar surface area (TPSA) is 77.2 Å². The Morgan fingerprint density at radius 2 is 1.87 bits per heavy atom. The molecule has 0 radical (unpaired) electrons. The lowest BCUT2D eigenvalue weighted by molar-refractivity contribution is -0.123. The Kier molecular flexibility index (Phi) is 6.31. The van der Waals surface area contributed by atoms with E-state index in [0.29, 0.717) is 31.2 Å². The van der Waals surface area contributed by atoms with Gasteiger partial charge in [-0.2, -0.15) is 4.98 Å². The third-order valence-electron chi connectivity index (χ3n) is 5.85. The first-order chi connectivity index (χ1) is 14.7. The van der Waals surface area contributed by atoms with Gasteiger partial charge in [0.15, 0.2) is 5.82 Å². The fraction of sp³-hybridized carbons (Fsp3) is 0.458. The van der Waals surface area contributed by atoms with Crippen LogP contribution in [0.4, 0.5) is 0 Å². The number of carbonyl (C=O) groups excluding carboxylic acids is 1.